The summed E-state index contributed by atoms with van der Waals surface area (Å²) in [5, 5.41) is 11.0. The normalized spacial score (nSPS) is 10.9. The molecule has 0 amide bonds. The molecule has 3 heteroatoms. The lowest BCUT2D eigenvalue weighted by atomic mass is 9.97. The van der Waals surface area contributed by atoms with E-state index in [0.717, 1.165) is 16.5 Å². The highest BCUT2D eigenvalue weighted by Gasteiger charge is 2.16. The second-order valence-corrected chi connectivity index (χ2v) is 4.73. The van der Waals surface area contributed by atoms with E-state index >= 15 is 0 Å². The number of phenolic OH excluding ortho intramolecular Hbond substituents is 1. The van der Waals surface area contributed by atoms with Crippen LogP contribution in [-0.2, 0) is 12.8 Å². The number of allylic oxidation sites excluding steroid dienone is 1. The van der Waals surface area contributed by atoms with Crippen LogP contribution in [0.2, 0.25) is 0 Å². The summed E-state index contributed by atoms with van der Waals surface area (Å²) in [6.07, 6.45) is 2.97. The van der Waals surface area contributed by atoms with Crippen molar-refractivity contribution < 1.29 is 9.52 Å². The molecule has 2 aromatic rings. The monoisotopic (exact) mass is 258 g/mol. The predicted molar refractivity (Wildman–Crippen MR) is 76.9 cm³/mol. The Kier molecular flexibility index (Phi) is 3.47. The minimum atomic E-state index is -0.313. The van der Waals surface area contributed by atoms with Gasteiger partial charge in [-0.3, -0.25) is 0 Å². The van der Waals surface area contributed by atoms with Gasteiger partial charge in [-0.25, -0.2) is 4.79 Å². The van der Waals surface area contributed by atoms with E-state index in [4.69, 9.17) is 4.42 Å². The average Bonchev–Trinajstić information content (AvgIpc) is 2.38. The lowest BCUT2D eigenvalue weighted by Gasteiger charge is -2.12. The molecule has 100 valence electrons. The van der Waals surface area contributed by atoms with E-state index < -0.39 is 0 Å². The van der Waals surface area contributed by atoms with E-state index in [9.17, 15) is 9.90 Å². The standard InChI is InChI=1S/C16H18O3/c1-5-7-11-8-13-9(3)12(6-2)16(18)19-15(13)10(4)14(11)17/h5,8,17H,1,6-7H2,2-4H3. The first-order chi connectivity index (χ1) is 9.01. The molecule has 0 radical (unpaired) electrons. The highest BCUT2D eigenvalue weighted by atomic mass is 16.4. The number of aryl methyl sites for hydroxylation is 2. The fourth-order valence-corrected chi connectivity index (χ4v) is 2.46. The van der Waals surface area contributed by atoms with Gasteiger partial charge in [0.05, 0.1) is 0 Å². The average molecular weight is 258 g/mol. The molecular weight excluding hydrogens is 240 g/mol. The third kappa shape index (κ3) is 2.05. The number of hydrogen-bond donors (Lipinski definition) is 1. The second-order valence-electron chi connectivity index (χ2n) is 4.73. The van der Waals surface area contributed by atoms with Gasteiger partial charge < -0.3 is 9.52 Å². The molecule has 19 heavy (non-hydrogen) atoms. The van der Waals surface area contributed by atoms with Crippen LogP contribution in [0.5, 0.6) is 5.75 Å². The molecule has 0 saturated carbocycles. The van der Waals surface area contributed by atoms with Gasteiger partial charge in [0.1, 0.15) is 11.3 Å². The number of benzene rings is 1. The molecule has 3 nitrogen and oxygen atoms in total. The summed E-state index contributed by atoms with van der Waals surface area (Å²) in [4.78, 5) is 11.9. The molecule has 0 aliphatic rings. The van der Waals surface area contributed by atoms with Crippen molar-refractivity contribution in [2.75, 3.05) is 0 Å². The molecule has 1 aromatic heterocycles. The maximum Gasteiger partial charge on any atom is 0.339 e. The number of hydrogen-bond acceptors (Lipinski definition) is 3. The van der Waals surface area contributed by atoms with Crippen LogP contribution in [0.4, 0.5) is 0 Å². The van der Waals surface area contributed by atoms with Crippen LogP contribution in [0.3, 0.4) is 0 Å². The zero-order valence-corrected chi connectivity index (χ0v) is 11.5. The van der Waals surface area contributed by atoms with Crippen molar-refractivity contribution in [1.82, 2.24) is 0 Å². The summed E-state index contributed by atoms with van der Waals surface area (Å²) in [6, 6.07) is 1.89. The number of fused-ring (bicyclic) bond motifs is 1. The lowest BCUT2D eigenvalue weighted by Crippen LogP contribution is -2.09. The third-order valence-electron chi connectivity index (χ3n) is 3.58. The summed E-state index contributed by atoms with van der Waals surface area (Å²) in [6.45, 7) is 9.31. The molecule has 0 aliphatic heterocycles. The van der Waals surface area contributed by atoms with Gasteiger partial charge in [-0.05, 0) is 43.9 Å². The zero-order chi connectivity index (χ0) is 14.2. The summed E-state index contributed by atoms with van der Waals surface area (Å²) < 4.78 is 5.37. The summed E-state index contributed by atoms with van der Waals surface area (Å²) in [7, 11) is 0. The Bertz CT molecular complexity index is 708. The molecule has 1 heterocycles. The fourth-order valence-electron chi connectivity index (χ4n) is 2.46. The van der Waals surface area contributed by atoms with Gasteiger partial charge in [0, 0.05) is 16.5 Å². The van der Waals surface area contributed by atoms with Crippen LogP contribution in [-0.4, -0.2) is 5.11 Å². The molecule has 0 spiro atoms. The van der Waals surface area contributed by atoms with Crippen LogP contribution in [0.25, 0.3) is 11.0 Å². The van der Waals surface area contributed by atoms with Crippen LogP contribution < -0.4 is 5.63 Å². The van der Waals surface area contributed by atoms with E-state index in [-0.39, 0.29) is 11.4 Å². The number of rotatable bonds is 3. The zero-order valence-electron chi connectivity index (χ0n) is 11.5. The van der Waals surface area contributed by atoms with Crippen molar-refractivity contribution in [2.24, 2.45) is 0 Å². The van der Waals surface area contributed by atoms with E-state index in [2.05, 4.69) is 6.58 Å². The van der Waals surface area contributed by atoms with Crippen LogP contribution in [0.1, 0.15) is 29.2 Å². The Hall–Kier alpha value is -2.03. The smallest absolute Gasteiger partial charge is 0.339 e. The Morgan fingerprint density at radius 2 is 2.05 bits per heavy atom. The number of phenols is 1. The van der Waals surface area contributed by atoms with E-state index in [1.165, 1.54) is 0 Å². The maximum absolute atomic E-state index is 11.9. The second kappa shape index (κ2) is 4.92. The van der Waals surface area contributed by atoms with Crippen molar-refractivity contribution in [1.29, 1.82) is 0 Å². The van der Waals surface area contributed by atoms with Gasteiger partial charge in [0.2, 0.25) is 0 Å². The topological polar surface area (TPSA) is 50.4 Å². The quantitative estimate of drug-likeness (QED) is 0.678. The van der Waals surface area contributed by atoms with Crippen LogP contribution in [0.15, 0.2) is 27.9 Å². The SMILES string of the molecule is C=CCc1cc2c(C)c(CC)c(=O)oc2c(C)c1O. The molecule has 0 unspecified atom stereocenters. The van der Waals surface area contributed by atoms with Crippen molar-refractivity contribution in [2.45, 2.75) is 33.6 Å². The van der Waals surface area contributed by atoms with E-state index in [1.54, 1.807) is 13.0 Å². The summed E-state index contributed by atoms with van der Waals surface area (Å²) >= 11 is 0. The summed E-state index contributed by atoms with van der Waals surface area (Å²) in [5.41, 5.74) is 3.21. The highest BCUT2D eigenvalue weighted by molar-refractivity contribution is 5.86. The molecule has 2 rings (SSSR count). The van der Waals surface area contributed by atoms with E-state index in [0.29, 0.717) is 29.6 Å². The first kappa shape index (κ1) is 13.4. The molecule has 0 atom stereocenters. The molecule has 1 aromatic carbocycles. The molecule has 0 aliphatic carbocycles. The van der Waals surface area contributed by atoms with Crippen molar-refractivity contribution >= 4 is 11.0 Å². The molecule has 0 saturated heterocycles. The number of aromatic hydroxyl groups is 1. The Morgan fingerprint density at radius 3 is 2.63 bits per heavy atom. The first-order valence-electron chi connectivity index (χ1n) is 6.39. The Labute approximate surface area is 112 Å². The minimum Gasteiger partial charge on any atom is -0.507 e. The first-order valence-corrected chi connectivity index (χ1v) is 6.39. The van der Waals surface area contributed by atoms with Gasteiger partial charge >= 0.3 is 5.63 Å². The van der Waals surface area contributed by atoms with Gasteiger partial charge in [-0.2, -0.15) is 0 Å². The largest absolute Gasteiger partial charge is 0.507 e. The van der Waals surface area contributed by atoms with Crippen LogP contribution in [0, 0.1) is 13.8 Å². The van der Waals surface area contributed by atoms with Gasteiger partial charge in [0.25, 0.3) is 0 Å². The van der Waals surface area contributed by atoms with Crippen molar-refractivity contribution in [3.05, 3.63) is 51.4 Å². The minimum absolute atomic E-state index is 0.180. The predicted octanol–water partition coefficient (Wildman–Crippen LogP) is 3.41. The van der Waals surface area contributed by atoms with Gasteiger partial charge in [-0.15, -0.1) is 6.58 Å². The molecule has 0 bridgehead atoms. The lowest BCUT2D eigenvalue weighted by molar-refractivity contribution is 0.462. The molecular formula is C16H18O3. The van der Waals surface area contributed by atoms with Gasteiger partial charge in [-0.1, -0.05) is 13.0 Å². The van der Waals surface area contributed by atoms with E-state index in [1.807, 2.05) is 19.9 Å². The maximum atomic E-state index is 11.9. The van der Waals surface area contributed by atoms with Crippen molar-refractivity contribution in [3.8, 4) is 5.75 Å². The third-order valence-corrected chi connectivity index (χ3v) is 3.58. The Balaban J connectivity index is 2.93. The molecule has 1 N–H and O–H groups in total. The van der Waals surface area contributed by atoms with Gasteiger partial charge in [0.15, 0.2) is 0 Å². The Morgan fingerprint density at radius 1 is 1.37 bits per heavy atom. The van der Waals surface area contributed by atoms with Crippen molar-refractivity contribution in [3.63, 3.8) is 0 Å². The summed E-state index contributed by atoms with van der Waals surface area (Å²) in [5.74, 6) is 0.180. The van der Waals surface area contributed by atoms with Crippen LogP contribution >= 0.6 is 0 Å². The highest BCUT2D eigenvalue weighted by Crippen LogP contribution is 2.32. The molecule has 0 fully saturated rings. The fraction of sp³-hybridized carbons (Fsp3) is 0.312.